The third-order valence-electron chi connectivity index (χ3n) is 5.92. The van der Waals surface area contributed by atoms with E-state index in [2.05, 4.69) is 10.6 Å². The van der Waals surface area contributed by atoms with Crippen LogP contribution in [0.25, 0.3) is 0 Å². The average Bonchev–Trinajstić information content (AvgIpc) is 3.34. The molecule has 2 aliphatic rings. The molecule has 0 saturated heterocycles. The summed E-state index contributed by atoms with van der Waals surface area (Å²) in [6.07, 6.45) is 0.770. The van der Waals surface area contributed by atoms with Crippen LogP contribution < -0.4 is 20.1 Å². The maximum absolute atomic E-state index is 14.0. The summed E-state index contributed by atoms with van der Waals surface area (Å²) in [6, 6.07) is 15.4. The number of hydrogen-bond donors (Lipinski definition) is 2. The summed E-state index contributed by atoms with van der Waals surface area (Å²) in [7, 11) is 0. The average molecular weight is 492 g/mol. The fourth-order valence-electron chi connectivity index (χ4n) is 4.21. The summed E-state index contributed by atoms with van der Waals surface area (Å²) in [5, 5.41) is 5.40. The summed E-state index contributed by atoms with van der Waals surface area (Å²) >= 11 is 0. The Kier molecular flexibility index (Phi) is 6.53. The summed E-state index contributed by atoms with van der Waals surface area (Å²) in [5.41, 5.74) is 2.28. The lowest BCUT2D eigenvalue weighted by molar-refractivity contribution is -0.140. The molecule has 184 valence electrons. The van der Waals surface area contributed by atoms with Gasteiger partial charge in [-0.25, -0.2) is 18.4 Å². The van der Waals surface area contributed by atoms with Crippen LogP contribution in [0.15, 0.2) is 78.0 Å². The van der Waals surface area contributed by atoms with E-state index in [1.54, 1.807) is 18.2 Å². The highest BCUT2D eigenvalue weighted by atomic mass is 19.1. The van der Waals surface area contributed by atoms with Crippen LogP contribution in [0.1, 0.15) is 29.2 Å². The highest BCUT2D eigenvalue weighted by molar-refractivity contribution is 5.95. The number of halogens is 2. The van der Waals surface area contributed by atoms with Crippen LogP contribution in [0.3, 0.4) is 0 Å². The van der Waals surface area contributed by atoms with Gasteiger partial charge < -0.3 is 24.8 Å². The topological polar surface area (TPSA) is 85.9 Å². The number of urea groups is 1. The van der Waals surface area contributed by atoms with E-state index < -0.39 is 29.7 Å². The van der Waals surface area contributed by atoms with E-state index in [1.165, 1.54) is 36.4 Å². The first-order chi connectivity index (χ1) is 17.5. The smallest absolute Gasteiger partial charge is 0.338 e. The van der Waals surface area contributed by atoms with Crippen LogP contribution in [-0.2, 0) is 22.6 Å². The second-order valence-electron chi connectivity index (χ2n) is 8.37. The van der Waals surface area contributed by atoms with Gasteiger partial charge in [0.1, 0.15) is 18.2 Å². The Morgan fingerprint density at radius 2 is 1.69 bits per heavy atom. The van der Waals surface area contributed by atoms with Crippen molar-refractivity contribution in [3.63, 3.8) is 0 Å². The minimum absolute atomic E-state index is 0.150. The van der Waals surface area contributed by atoms with Gasteiger partial charge in [-0.3, -0.25) is 0 Å². The normalized spacial score (nSPS) is 16.4. The first kappa shape index (κ1) is 23.3. The van der Waals surface area contributed by atoms with Gasteiger partial charge in [0.15, 0.2) is 11.5 Å². The molecular formula is C27H22F2N2O5. The summed E-state index contributed by atoms with van der Waals surface area (Å²) in [4.78, 5) is 25.8. The number of benzene rings is 3. The molecule has 3 aromatic rings. The van der Waals surface area contributed by atoms with E-state index >= 15 is 0 Å². The zero-order valence-corrected chi connectivity index (χ0v) is 19.1. The molecule has 2 amide bonds. The molecule has 9 heteroatoms. The predicted molar refractivity (Wildman–Crippen MR) is 125 cm³/mol. The predicted octanol–water partition coefficient (Wildman–Crippen LogP) is 4.68. The maximum atomic E-state index is 14.0. The number of amides is 2. The molecule has 0 aliphatic carbocycles. The number of hydrogen-bond acceptors (Lipinski definition) is 5. The molecule has 1 atom stereocenters. The van der Waals surface area contributed by atoms with Gasteiger partial charge in [-0.1, -0.05) is 30.3 Å². The van der Waals surface area contributed by atoms with E-state index in [9.17, 15) is 18.4 Å². The molecule has 0 aromatic heterocycles. The number of rotatable bonds is 7. The number of aryl methyl sites for hydroxylation is 1. The molecule has 0 fully saturated rings. The minimum Gasteiger partial charge on any atom is -0.457 e. The number of allylic oxidation sites excluding steroid dienone is 1. The van der Waals surface area contributed by atoms with Crippen LogP contribution in [0, 0.1) is 11.6 Å². The van der Waals surface area contributed by atoms with E-state index in [1.807, 2.05) is 12.1 Å². The monoisotopic (exact) mass is 492 g/mol. The SMILES string of the molecule is O=C1NC(CCc2ccc3c(c2)OCO3)=C(C(=O)OCc2cccc(F)c2)C(c2cccc(F)c2)N1. The first-order valence-corrected chi connectivity index (χ1v) is 11.3. The van der Waals surface area contributed by atoms with Crippen molar-refractivity contribution in [2.45, 2.75) is 25.5 Å². The Balaban J connectivity index is 1.44. The Bertz CT molecular complexity index is 1360. The Morgan fingerprint density at radius 3 is 2.50 bits per heavy atom. The second-order valence-corrected chi connectivity index (χ2v) is 8.37. The van der Waals surface area contributed by atoms with Gasteiger partial charge in [-0.05, 0) is 65.9 Å². The molecule has 2 aliphatic heterocycles. The summed E-state index contributed by atoms with van der Waals surface area (Å²) in [6.45, 7) is -0.0123. The number of nitrogens with one attached hydrogen (secondary N) is 2. The molecule has 36 heavy (non-hydrogen) atoms. The van der Waals surface area contributed by atoms with Crippen LogP contribution in [0.2, 0.25) is 0 Å². The minimum atomic E-state index is -0.929. The Labute approximate surface area is 205 Å². The van der Waals surface area contributed by atoms with Gasteiger partial charge in [-0.2, -0.15) is 0 Å². The molecule has 5 rings (SSSR count). The number of esters is 1. The standard InChI is InChI=1S/C27H22F2N2O5/c28-19-5-1-3-17(11-19)14-34-26(32)24-21(9-7-16-8-10-22-23(12-16)36-15-35-22)30-27(33)31-25(24)18-4-2-6-20(29)13-18/h1-6,8,10-13,25H,7,9,14-15H2,(H2,30,31,33). The van der Waals surface area contributed by atoms with Crippen molar-refractivity contribution in [2.24, 2.45) is 0 Å². The fourth-order valence-corrected chi connectivity index (χ4v) is 4.21. The molecule has 3 aromatic carbocycles. The summed E-state index contributed by atoms with van der Waals surface area (Å²) in [5.74, 6) is -0.378. The summed E-state index contributed by atoms with van der Waals surface area (Å²) < 4.78 is 43.8. The lowest BCUT2D eigenvalue weighted by Gasteiger charge is -2.29. The molecule has 1 unspecified atom stereocenters. The lowest BCUT2D eigenvalue weighted by atomic mass is 9.93. The number of fused-ring (bicyclic) bond motifs is 1. The van der Waals surface area contributed by atoms with E-state index in [0.717, 1.165) is 5.56 Å². The van der Waals surface area contributed by atoms with Crippen molar-refractivity contribution in [1.29, 1.82) is 0 Å². The van der Waals surface area contributed by atoms with Crippen molar-refractivity contribution >= 4 is 12.0 Å². The van der Waals surface area contributed by atoms with Crippen molar-refractivity contribution in [3.05, 3.63) is 106 Å². The van der Waals surface area contributed by atoms with Crippen LogP contribution in [0.5, 0.6) is 11.5 Å². The fraction of sp³-hybridized carbons (Fsp3) is 0.185. The zero-order valence-electron chi connectivity index (χ0n) is 19.1. The van der Waals surface area contributed by atoms with Crippen LogP contribution in [0.4, 0.5) is 13.6 Å². The molecule has 2 N–H and O–H groups in total. The van der Waals surface area contributed by atoms with E-state index in [-0.39, 0.29) is 19.0 Å². The van der Waals surface area contributed by atoms with Crippen molar-refractivity contribution in [3.8, 4) is 11.5 Å². The largest absolute Gasteiger partial charge is 0.457 e. The molecule has 0 saturated carbocycles. The Morgan fingerprint density at radius 1 is 0.917 bits per heavy atom. The van der Waals surface area contributed by atoms with Gasteiger partial charge in [0.2, 0.25) is 6.79 Å². The number of carbonyl (C=O) groups is 2. The molecular weight excluding hydrogens is 470 g/mol. The number of ether oxygens (including phenoxy) is 3. The quantitative estimate of drug-likeness (QED) is 0.468. The van der Waals surface area contributed by atoms with Gasteiger partial charge in [-0.15, -0.1) is 0 Å². The van der Waals surface area contributed by atoms with Crippen LogP contribution in [-0.4, -0.2) is 18.8 Å². The highest BCUT2D eigenvalue weighted by Crippen LogP contribution is 2.34. The van der Waals surface area contributed by atoms with Gasteiger partial charge in [0.05, 0.1) is 11.6 Å². The van der Waals surface area contributed by atoms with Gasteiger partial charge >= 0.3 is 12.0 Å². The lowest BCUT2D eigenvalue weighted by Crippen LogP contribution is -2.46. The highest BCUT2D eigenvalue weighted by Gasteiger charge is 2.34. The molecule has 0 radical (unpaired) electrons. The number of carbonyl (C=O) groups excluding carboxylic acids is 2. The molecule has 0 spiro atoms. The third kappa shape index (κ3) is 5.14. The van der Waals surface area contributed by atoms with Crippen molar-refractivity contribution < 1.29 is 32.6 Å². The maximum Gasteiger partial charge on any atom is 0.338 e. The zero-order chi connectivity index (χ0) is 25.1. The van der Waals surface area contributed by atoms with E-state index in [0.29, 0.717) is 41.2 Å². The third-order valence-corrected chi connectivity index (χ3v) is 5.92. The molecule has 0 bridgehead atoms. The van der Waals surface area contributed by atoms with E-state index in [4.69, 9.17) is 14.2 Å². The van der Waals surface area contributed by atoms with Gasteiger partial charge in [0.25, 0.3) is 0 Å². The van der Waals surface area contributed by atoms with Crippen LogP contribution >= 0.6 is 0 Å². The second kappa shape index (κ2) is 10.1. The molecule has 7 nitrogen and oxygen atoms in total. The van der Waals surface area contributed by atoms with Crippen molar-refractivity contribution in [2.75, 3.05) is 6.79 Å². The Hall–Kier alpha value is -4.40. The van der Waals surface area contributed by atoms with Gasteiger partial charge in [0, 0.05) is 5.70 Å². The van der Waals surface area contributed by atoms with Crippen molar-refractivity contribution in [1.82, 2.24) is 10.6 Å². The first-order valence-electron chi connectivity index (χ1n) is 11.3. The molecule has 2 heterocycles.